The summed E-state index contributed by atoms with van der Waals surface area (Å²) in [5, 5.41) is 9.02. The molecule has 0 spiro atoms. The fourth-order valence-corrected chi connectivity index (χ4v) is 3.52. The maximum absolute atomic E-state index is 13.0. The zero-order chi connectivity index (χ0) is 16.2. The molecule has 1 unspecified atom stereocenters. The molecule has 1 atom stereocenters. The van der Waals surface area contributed by atoms with Crippen molar-refractivity contribution >= 4 is 16.0 Å². The van der Waals surface area contributed by atoms with Crippen molar-refractivity contribution in [1.29, 1.82) is 0 Å². The van der Waals surface area contributed by atoms with Gasteiger partial charge in [-0.1, -0.05) is 12.1 Å². The van der Waals surface area contributed by atoms with Gasteiger partial charge >= 0.3 is 5.97 Å². The van der Waals surface area contributed by atoms with Crippen LogP contribution >= 0.6 is 0 Å². The molecule has 0 bridgehead atoms. The van der Waals surface area contributed by atoms with Crippen LogP contribution in [0.4, 0.5) is 8.78 Å². The highest BCUT2D eigenvalue weighted by Crippen LogP contribution is 2.55. The van der Waals surface area contributed by atoms with E-state index in [0.717, 1.165) is 0 Å². The zero-order valence-corrected chi connectivity index (χ0v) is 12.4. The molecule has 5 nitrogen and oxygen atoms in total. The molecule has 0 aliphatic heterocycles. The Morgan fingerprint density at radius 1 is 1.27 bits per heavy atom. The summed E-state index contributed by atoms with van der Waals surface area (Å²) in [5.41, 5.74) is -0.587. The lowest BCUT2D eigenvalue weighted by atomic mass is 10.1. The van der Waals surface area contributed by atoms with Crippen LogP contribution in [0.1, 0.15) is 30.7 Å². The van der Waals surface area contributed by atoms with Crippen LogP contribution in [0.25, 0.3) is 0 Å². The van der Waals surface area contributed by atoms with Gasteiger partial charge in [0.1, 0.15) is 0 Å². The van der Waals surface area contributed by atoms with Gasteiger partial charge in [0.15, 0.2) is 0 Å². The average molecular weight is 331 g/mol. The number of carboxylic acids is 1. The van der Waals surface area contributed by atoms with Crippen LogP contribution in [0.3, 0.4) is 0 Å². The normalized spacial score (nSPS) is 24.7. The van der Waals surface area contributed by atoms with Crippen LogP contribution in [-0.2, 0) is 14.8 Å². The molecule has 1 aromatic carbocycles. The summed E-state index contributed by atoms with van der Waals surface area (Å²) in [7, 11) is -3.84. The van der Waals surface area contributed by atoms with Crippen molar-refractivity contribution in [1.82, 2.24) is 4.72 Å². The Bertz CT molecular complexity index is 711. The molecule has 0 amide bonds. The molecule has 0 aromatic heterocycles. The summed E-state index contributed by atoms with van der Waals surface area (Å²) in [4.78, 5) is 11.0. The fourth-order valence-electron chi connectivity index (χ4n) is 2.39. The molecule has 0 saturated heterocycles. The number of nitrogens with one attached hydrogen (secondary N) is 1. The molecule has 2 fully saturated rings. The van der Waals surface area contributed by atoms with E-state index >= 15 is 0 Å². The van der Waals surface area contributed by atoms with Crippen LogP contribution in [0.2, 0.25) is 0 Å². The Morgan fingerprint density at radius 2 is 1.82 bits per heavy atom. The van der Waals surface area contributed by atoms with Crippen molar-refractivity contribution in [2.45, 2.75) is 36.0 Å². The number of aliphatic carboxylic acids is 1. The van der Waals surface area contributed by atoms with Crippen molar-refractivity contribution in [3.05, 3.63) is 29.8 Å². The van der Waals surface area contributed by atoms with Gasteiger partial charge in [-0.25, -0.2) is 21.9 Å². The number of alkyl halides is 2. The van der Waals surface area contributed by atoms with E-state index in [1.807, 2.05) is 0 Å². The first-order valence-corrected chi connectivity index (χ1v) is 8.36. The summed E-state index contributed by atoms with van der Waals surface area (Å²) in [6.45, 7) is -0.160. The van der Waals surface area contributed by atoms with Crippen LogP contribution in [-0.4, -0.2) is 32.0 Å². The van der Waals surface area contributed by atoms with Gasteiger partial charge in [0.25, 0.3) is 5.92 Å². The molecule has 8 heteroatoms. The van der Waals surface area contributed by atoms with Crippen molar-refractivity contribution < 1.29 is 27.1 Å². The maximum Gasteiger partial charge on any atom is 0.310 e. The molecular weight excluding hydrogens is 316 g/mol. The predicted octanol–water partition coefficient (Wildman–Crippen LogP) is 1.95. The lowest BCUT2D eigenvalue weighted by Crippen LogP contribution is -2.34. The largest absolute Gasteiger partial charge is 0.481 e. The number of carboxylic acid groups (broad SMARTS) is 1. The summed E-state index contributed by atoms with van der Waals surface area (Å²) in [6, 6.07) is 5.30. The maximum atomic E-state index is 13.0. The molecular formula is C14H15F2NO4S. The highest BCUT2D eigenvalue weighted by molar-refractivity contribution is 7.89. The highest BCUT2D eigenvalue weighted by atomic mass is 32.2. The second-order valence-corrected chi connectivity index (χ2v) is 7.76. The van der Waals surface area contributed by atoms with Gasteiger partial charge in [0, 0.05) is 13.0 Å². The third-order valence-corrected chi connectivity index (χ3v) is 5.74. The third kappa shape index (κ3) is 2.72. The standard InChI is InChI=1S/C14H15F2NO4S/c15-14(16)7-11(14)9-1-3-10(4-2-9)22(20,21)17-8-13(5-6-13)12(18)19/h1-4,11,17H,5-8H2,(H,18,19). The van der Waals surface area contributed by atoms with Crippen LogP contribution in [0, 0.1) is 5.41 Å². The number of sulfonamides is 1. The number of rotatable bonds is 6. The topological polar surface area (TPSA) is 83.5 Å². The van der Waals surface area contributed by atoms with E-state index in [9.17, 15) is 22.0 Å². The Labute approximate surface area is 126 Å². The van der Waals surface area contributed by atoms with E-state index in [4.69, 9.17) is 5.11 Å². The molecule has 1 aromatic rings. The molecule has 3 rings (SSSR count). The Kier molecular flexibility index (Phi) is 3.30. The lowest BCUT2D eigenvalue weighted by molar-refractivity contribution is -0.143. The van der Waals surface area contributed by atoms with E-state index in [1.165, 1.54) is 24.3 Å². The van der Waals surface area contributed by atoms with Gasteiger partial charge in [-0.05, 0) is 30.5 Å². The lowest BCUT2D eigenvalue weighted by Gasteiger charge is -2.12. The van der Waals surface area contributed by atoms with Crippen molar-refractivity contribution in [2.24, 2.45) is 5.41 Å². The minimum atomic E-state index is -3.84. The first-order chi connectivity index (χ1) is 10.2. The monoisotopic (exact) mass is 331 g/mol. The molecule has 2 aliphatic carbocycles. The smallest absolute Gasteiger partial charge is 0.310 e. The molecule has 2 saturated carbocycles. The molecule has 22 heavy (non-hydrogen) atoms. The predicted molar refractivity (Wildman–Crippen MR) is 73.2 cm³/mol. The van der Waals surface area contributed by atoms with Gasteiger partial charge in [-0.15, -0.1) is 0 Å². The number of hydrogen-bond donors (Lipinski definition) is 2. The number of carbonyl (C=O) groups is 1. The summed E-state index contributed by atoms with van der Waals surface area (Å²) < 4.78 is 52.4. The number of hydrogen-bond acceptors (Lipinski definition) is 3. The average Bonchev–Trinajstić information content (AvgIpc) is 3.34. The Balaban J connectivity index is 1.69. The third-order valence-electron chi connectivity index (χ3n) is 4.33. The Morgan fingerprint density at radius 3 is 2.23 bits per heavy atom. The molecule has 120 valence electrons. The second kappa shape index (κ2) is 4.73. The van der Waals surface area contributed by atoms with Gasteiger partial charge in [0.05, 0.1) is 16.2 Å². The summed E-state index contributed by atoms with van der Waals surface area (Å²) in [6.07, 6.45) is 0.680. The summed E-state index contributed by atoms with van der Waals surface area (Å²) in [5.74, 6) is -4.54. The highest BCUT2D eigenvalue weighted by Gasteiger charge is 2.57. The van der Waals surface area contributed by atoms with Gasteiger partial charge in [-0.3, -0.25) is 4.79 Å². The van der Waals surface area contributed by atoms with E-state index < -0.39 is 33.2 Å². The van der Waals surface area contributed by atoms with E-state index in [0.29, 0.717) is 18.4 Å². The van der Waals surface area contributed by atoms with Crippen molar-refractivity contribution in [3.63, 3.8) is 0 Å². The van der Waals surface area contributed by atoms with Crippen LogP contribution in [0.15, 0.2) is 29.2 Å². The van der Waals surface area contributed by atoms with Crippen LogP contribution < -0.4 is 4.72 Å². The van der Waals surface area contributed by atoms with E-state index in [1.54, 1.807) is 0 Å². The van der Waals surface area contributed by atoms with Crippen molar-refractivity contribution in [2.75, 3.05) is 6.54 Å². The molecule has 0 heterocycles. The molecule has 2 aliphatic rings. The SMILES string of the molecule is O=C(O)C1(CNS(=O)(=O)c2ccc(C3CC3(F)F)cc2)CC1. The molecule has 2 N–H and O–H groups in total. The van der Waals surface area contributed by atoms with E-state index in [-0.39, 0.29) is 17.9 Å². The van der Waals surface area contributed by atoms with E-state index in [2.05, 4.69) is 4.72 Å². The Hall–Kier alpha value is -1.54. The fraction of sp³-hybridized carbons (Fsp3) is 0.500. The minimum Gasteiger partial charge on any atom is -0.481 e. The zero-order valence-electron chi connectivity index (χ0n) is 11.6. The molecule has 0 radical (unpaired) electrons. The quantitative estimate of drug-likeness (QED) is 0.834. The number of benzene rings is 1. The van der Waals surface area contributed by atoms with Crippen LogP contribution in [0.5, 0.6) is 0 Å². The second-order valence-electron chi connectivity index (χ2n) is 6.00. The van der Waals surface area contributed by atoms with Gasteiger partial charge in [0.2, 0.25) is 10.0 Å². The summed E-state index contributed by atoms with van der Waals surface area (Å²) >= 11 is 0. The van der Waals surface area contributed by atoms with Gasteiger partial charge < -0.3 is 5.11 Å². The first kappa shape index (κ1) is 15.4. The van der Waals surface area contributed by atoms with Gasteiger partial charge in [-0.2, -0.15) is 0 Å². The minimum absolute atomic E-state index is 0.0543. The number of halogens is 2. The first-order valence-electron chi connectivity index (χ1n) is 6.87. The van der Waals surface area contributed by atoms with Crippen molar-refractivity contribution in [3.8, 4) is 0 Å².